The van der Waals surface area contributed by atoms with Gasteiger partial charge in [-0.3, -0.25) is 4.98 Å². The number of aromatic nitrogens is 2. The van der Waals surface area contributed by atoms with Gasteiger partial charge in [-0.25, -0.2) is 14.2 Å². The van der Waals surface area contributed by atoms with E-state index >= 15 is 0 Å². The summed E-state index contributed by atoms with van der Waals surface area (Å²) in [6.07, 6.45) is 5.50. The Balaban J connectivity index is 1.69. The number of nitrogens with zero attached hydrogens (tertiary/aromatic N) is 2. The van der Waals surface area contributed by atoms with E-state index in [0.29, 0.717) is 27.1 Å². The number of allylic oxidation sites excluding steroid dienone is 2. The lowest BCUT2D eigenvalue weighted by atomic mass is 9.99. The van der Waals surface area contributed by atoms with E-state index in [0.717, 1.165) is 36.0 Å². The summed E-state index contributed by atoms with van der Waals surface area (Å²) in [6, 6.07) is 9.82. The molecular weight excluding hydrogens is 466 g/mol. The van der Waals surface area contributed by atoms with Crippen LogP contribution in [0.2, 0.25) is 10.0 Å². The summed E-state index contributed by atoms with van der Waals surface area (Å²) in [5, 5.41) is 0.885. The van der Waals surface area contributed by atoms with Crippen LogP contribution in [0.4, 0.5) is 4.39 Å². The number of hydrogen-bond acceptors (Lipinski definition) is 5. The lowest BCUT2D eigenvalue weighted by Crippen LogP contribution is -2.09. The molecule has 0 saturated heterocycles. The normalized spacial score (nSPS) is 13.3. The molecule has 0 N–H and O–H groups in total. The Kier molecular flexibility index (Phi) is 7.26. The smallest absolute Gasteiger partial charge is 0.358 e. The first-order valence-electron chi connectivity index (χ1n) is 10.5. The van der Waals surface area contributed by atoms with Gasteiger partial charge in [0.25, 0.3) is 0 Å². The lowest BCUT2D eigenvalue weighted by Gasteiger charge is -2.15. The monoisotopic (exact) mass is 486 g/mol. The van der Waals surface area contributed by atoms with Gasteiger partial charge in [-0.2, -0.15) is 0 Å². The van der Waals surface area contributed by atoms with Crippen molar-refractivity contribution in [1.29, 1.82) is 0 Å². The highest BCUT2D eigenvalue weighted by atomic mass is 35.5. The Morgan fingerprint density at radius 2 is 1.82 bits per heavy atom. The van der Waals surface area contributed by atoms with Gasteiger partial charge in [-0.1, -0.05) is 29.3 Å². The fourth-order valence-corrected chi connectivity index (χ4v) is 4.13. The zero-order valence-corrected chi connectivity index (χ0v) is 19.4. The second-order valence-corrected chi connectivity index (χ2v) is 8.36. The van der Waals surface area contributed by atoms with Crippen molar-refractivity contribution in [2.24, 2.45) is 0 Å². The average molecular weight is 487 g/mol. The maximum Gasteiger partial charge on any atom is 0.358 e. The van der Waals surface area contributed by atoms with E-state index in [1.807, 2.05) is 6.07 Å². The number of carbonyl (C=O) groups excluding carboxylic acids is 1. The molecule has 33 heavy (non-hydrogen) atoms. The van der Waals surface area contributed by atoms with Gasteiger partial charge in [-0.05, 0) is 67.7 Å². The first kappa shape index (κ1) is 23.2. The largest absolute Gasteiger partial charge is 0.488 e. The van der Waals surface area contributed by atoms with Crippen molar-refractivity contribution in [2.75, 3.05) is 6.61 Å². The second kappa shape index (κ2) is 10.3. The van der Waals surface area contributed by atoms with Crippen molar-refractivity contribution in [3.05, 3.63) is 87.2 Å². The van der Waals surface area contributed by atoms with E-state index in [4.69, 9.17) is 32.7 Å². The summed E-state index contributed by atoms with van der Waals surface area (Å²) in [7, 11) is 0. The van der Waals surface area contributed by atoms with E-state index < -0.39 is 11.8 Å². The number of carbonyl (C=O) groups is 1. The minimum Gasteiger partial charge on any atom is -0.488 e. The van der Waals surface area contributed by atoms with Crippen LogP contribution < -0.4 is 4.74 Å². The van der Waals surface area contributed by atoms with Crippen molar-refractivity contribution in [3.8, 4) is 5.75 Å². The molecule has 0 aliphatic heterocycles. The summed E-state index contributed by atoms with van der Waals surface area (Å²) < 4.78 is 25.3. The molecule has 5 nitrogen and oxygen atoms in total. The number of ether oxygens (including phenoxy) is 2. The van der Waals surface area contributed by atoms with Gasteiger partial charge in [-0.15, -0.1) is 0 Å². The first-order chi connectivity index (χ1) is 16.0. The SMILES string of the molecule is CCOC(=O)c1cncc(C2=C(c3cc(Cl)ccc3OCc3ccc(Cl)cc3F)CCC2)n1. The molecular formula is C25H21Cl2FN2O3. The topological polar surface area (TPSA) is 61.3 Å². The Morgan fingerprint density at radius 1 is 1.06 bits per heavy atom. The van der Waals surface area contributed by atoms with Gasteiger partial charge in [0.15, 0.2) is 5.69 Å². The first-order valence-corrected chi connectivity index (χ1v) is 11.3. The molecule has 0 radical (unpaired) electrons. The molecule has 170 valence electrons. The van der Waals surface area contributed by atoms with Crippen LogP contribution in [-0.4, -0.2) is 22.5 Å². The zero-order chi connectivity index (χ0) is 23.4. The van der Waals surface area contributed by atoms with Crippen LogP contribution in [0.3, 0.4) is 0 Å². The summed E-state index contributed by atoms with van der Waals surface area (Å²) >= 11 is 12.2. The van der Waals surface area contributed by atoms with Gasteiger partial charge < -0.3 is 9.47 Å². The predicted octanol–water partition coefficient (Wildman–Crippen LogP) is 6.77. The van der Waals surface area contributed by atoms with E-state index in [1.165, 1.54) is 12.3 Å². The third-order valence-corrected chi connectivity index (χ3v) is 5.78. The predicted molar refractivity (Wildman–Crippen MR) is 126 cm³/mol. The molecule has 0 saturated carbocycles. The van der Waals surface area contributed by atoms with Crippen LogP contribution in [0.15, 0.2) is 48.8 Å². The molecule has 4 rings (SSSR count). The molecule has 0 atom stereocenters. The molecule has 8 heteroatoms. The van der Waals surface area contributed by atoms with E-state index in [1.54, 1.807) is 37.4 Å². The summed E-state index contributed by atoms with van der Waals surface area (Å²) in [5.41, 5.74) is 3.97. The molecule has 0 spiro atoms. The Bertz CT molecular complexity index is 1230. The van der Waals surface area contributed by atoms with Gasteiger partial charge in [0.2, 0.25) is 0 Å². The molecule has 0 bridgehead atoms. The third kappa shape index (κ3) is 5.34. The van der Waals surface area contributed by atoms with Crippen LogP contribution in [0.5, 0.6) is 5.75 Å². The van der Waals surface area contributed by atoms with Gasteiger partial charge in [0.1, 0.15) is 18.2 Å². The van der Waals surface area contributed by atoms with Crippen LogP contribution in [0, 0.1) is 5.82 Å². The van der Waals surface area contributed by atoms with Crippen molar-refractivity contribution < 1.29 is 18.7 Å². The quantitative estimate of drug-likeness (QED) is 0.344. The Morgan fingerprint density at radius 3 is 2.61 bits per heavy atom. The molecule has 1 aliphatic rings. The van der Waals surface area contributed by atoms with Gasteiger partial charge in [0, 0.05) is 21.2 Å². The van der Waals surface area contributed by atoms with Crippen molar-refractivity contribution in [2.45, 2.75) is 32.8 Å². The molecule has 3 aromatic rings. The lowest BCUT2D eigenvalue weighted by molar-refractivity contribution is 0.0519. The number of esters is 1. The maximum absolute atomic E-state index is 14.2. The van der Waals surface area contributed by atoms with E-state index in [9.17, 15) is 9.18 Å². The van der Waals surface area contributed by atoms with Crippen LogP contribution in [-0.2, 0) is 11.3 Å². The summed E-state index contributed by atoms with van der Waals surface area (Å²) in [6.45, 7) is 2.04. The summed E-state index contributed by atoms with van der Waals surface area (Å²) in [4.78, 5) is 20.8. The number of halogens is 3. The standard InChI is InChI=1S/C25H21Cl2FN2O3/c1-2-32-25(31)23-13-29-12-22(30-23)19-5-3-4-18(19)20-10-16(26)8-9-24(20)33-14-15-6-7-17(27)11-21(15)28/h6-13H,2-5,14H2,1H3. The van der Waals surface area contributed by atoms with Gasteiger partial charge in [0.05, 0.1) is 24.7 Å². The molecule has 0 amide bonds. The molecule has 1 aromatic heterocycles. The fourth-order valence-electron chi connectivity index (χ4n) is 3.80. The van der Waals surface area contributed by atoms with E-state index in [-0.39, 0.29) is 18.9 Å². The molecule has 1 aliphatic carbocycles. The van der Waals surface area contributed by atoms with Crippen LogP contribution >= 0.6 is 23.2 Å². The fraction of sp³-hybridized carbons (Fsp3) is 0.240. The second-order valence-electron chi connectivity index (χ2n) is 7.49. The van der Waals surface area contributed by atoms with E-state index in [2.05, 4.69) is 9.97 Å². The highest BCUT2D eigenvalue weighted by molar-refractivity contribution is 6.31. The molecule has 0 unspecified atom stereocenters. The molecule has 0 fully saturated rings. The van der Waals surface area contributed by atoms with Crippen molar-refractivity contribution in [1.82, 2.24) is 9.97 Å². The molecule has 1 heterocycles. The number of hydrogen-bond donors (Lipinski definition) is 0. The minimum atomic E-state index is -0.510. The highest BCUT2D eigenvalue weighted by Crippen LogP contribution is 2.43. The Labute approximate surface area is 201 Å². The van der Waals surface area contributed by atoms with Gasteiger partial charge >= 0.3 is 5.97 Å². The van der Waals surface area contributed by atoms with Crippen LogP contribution in [0.25, 0.3) is 11.1 Å². The number of benzene rings is 2. The number of rotatable bonds is 7. The zero-order valence-electron chi connectivity index (χ0n) is 17.9. The minimum absolute atomic E-state index is 0.0401. The highest BCUT2D eigenvalue weighted by Gasteiger charge is 2.23. The summed E-state index contributed by atoms with van der Waals surface area (Å²) in [5.74, 6) is -0.355. The van der Waals surface area contributed by atoms with Crippen molar-refractivity contribution >= 4 is 40.3 Å². The third-order valence-electron chi connectivity index (χ3n) is 5.31. The average Bonchev–Trinajstić information content (AvgIpc) is 3.29. The molecule has 2 aromatic carbocycles. The Hall–Kier alpha value is -2.96. The van der Waals surface area contributed by atoms with Crippen molar-refractivity contribution in [3.63, 3.8) is 0 Å². The van der Waals surface area contributed by atoms with Crippen LogP contribution in [0.1, 0.15) is 53.5 Å². The maximum atomic E-state index is 14.2.